The maximum atomic E-state index is 4.93. The first kappa shape index (κ1) is 15.2. The largest absolute Gasteiger partial charge is 0.356 e. The molecule has 0 N–H and O–H groups in total. The predicted octanol–water partition coefficient (Wildman–Crippen LogP) is 4.34. The van der Waals surface area contributed by atoms with Crippen molar-refractivity contribution in [3.8, 4) is 11.1 Å². The highest BCUT2D eigenvalue weighted by Gasteiger charge is 2.18. The van der Waals surface area contributed by atoms with E-state index in [0.29, 0.717) is 0 Å². The number of benzene rings is 1. The van der Waals surface area contributed by atoms with Crippen molar-refractivity contribution >= 4 is 11.5 Å². The molecule has 24 heavy (non-hydrogen) atoms. The average molecular weight is 320 g/mol. The van der Waals surface area contributed by atoms with Crippen molar-refractivity contribution in [1.82, 2.24) is 14.6 Å². The van der Waals surface area contributed by atoms with Gasteiger partial charge in [-0.2, -0.15) is 9.61 Å². The van der Waals surface area contributed by atoms with Crippen LogP contribution < -0.4 is 4.90 Å². The standard InChI is InChI=1S/C20H24N4/c1-2-9-17-14-19(23-12-7-4-8-13-23)24-20(22-17)18(15-21-24)16-10-5-3-6-11-16/h3,5-6,10-11,14-15H,2,4,7-9,12-13H2,1H3. The second-order valence-corrected chi connectivity index (χ2v) is 6.56. The van der Waals surface area contributed by atoms with Gasteiger partial charge in [0.2, 0.25) is 0 Å². The minimum Gasteiger partial charge on any atom is -0.356 e. The van der Waals surface area contributed by atoms with E-state index in [9.17, 15) is 0 Å². The highest BCUT2D eigenvalue weighted by atomic mass is 15.3. The van der Waals surface area contributed by atoms with Crippen molar-refractivity contribution in [2.75, 3.05) is 18.0 Å². The molecule has 4 rings (SSSR count). The Hall–Kier alpha value is -2.36. The summed E-state index contributed by atoms with van der Waals surface area (Å²) in [5.41, 5.74) is 4.45. The third-order valence-corrected chi connectivity index (χ3v) is 4.78. The van der Waals surface area contributed by atoms with Crippen molar-refractivity contribution in [2.24, 2.45) is 0 Å². The van der Waals surface area contributed by atoms with Gasteiger partial charge in [0.1, 0.15) is 5.82 Å². The van der Waals surface area contributed by atoms with Gasteiger partial charge in [-0.1, -0.05) is 43.7 Å². The number of fused-ring (bicyclic) bond motifs is 1. The Morgan fingerprint density at radius 3 is 2.58 bits per heavy atom. The number of hydrogen-bond acceptors (Lipinski definition) is 3. The Labute approximate surface area is 143 Å². The summed E-state index contributed by atoms with van der Waals surface area (Å²) in [5.74, 6) is 1.20. The molecule has 0 amide bonds. The molecule has 1 aliphatic rings. The molecule has 0 radical (unpaired) electrons. The monoisotopic (exact) mass is 320 g/mol. The van der Waals surface area contributed by atoms with Crippen molar-refractivity contribution in [3.05, 3.63) is 48.3 Å². The second kappa shape index (κ2) is 6.63. The van der Waals surface area contributed by atoms with E-state index in [1.807, 2.05) is 16.8 Å². The molecule has 1 aliphatic heterocycles. The van der Waals surface area contributed by atoms with Gasteiger partial charge in [-0.05, 0) is 31.2 Å². The zero-order valence-corrected chi connectivity index (χ0v) is 14.3. The number of hydrogen-bond donors (Lipinski definition) is 0. The van der Waals surface area contributed by atoms with Crippen LogP contribution >= 0.6 is 0 Å². The zero-order chi connectivity index (χ0) is 16.4. The number of rotatable bonds is 4. The fourth-order valence-electron chi connectivity index (χ4n) is 3.55. The highest BCUT2D eigenvalue weighted by Crippen LogP contribution is 2.28. The van der Waals surface area contributed by atoms with Gasteiger partial charge in [0, 0.05) is 30.4 Å². The predicted molar refractivity (Wildman–Crippen MR) is 98.5 cm³/mol. The van der Waals surface area contributed by atoms with E-state index in [-0.39, 0.29) is 0 Å². The molecule has 1 saturated heterocycles. The molecule has 1 fully saturated rings. The van der Waals surface area contributed by atoms with Gasteiger partial charge in [-0.25, -0.2) is 4.98 Å². The van der Waals surface area contributed by atoms with E-state index >= 15 is 0 Å². The lowest BCUT2D eigenvalue weighted by Crippen LogP contribution is -2.31. The molecule has 0 atom stereocenters. The van der Waals surface area contributed by atoms with Gasteiger partial charge in [0.25, 0.3) is 0 Å². The molecule has 4 nitrogen and oxygen atoms in total. The quantitative estimate of drug-likeness (QED) is 0.717. The van der Waals surface area contributed by atoms with Crippen LogP contribution in [0.1, 0.15) is 38.3 Å². The molecule has 0 bridgehead atoms. The van der Waals surface area contributed by atoms with Crippen molar-refractivity contribution in [2.45, 2.75) is 39.0 Å². The van der Waals surface area contributed by atoms with Crippen LogP contribution in [-0.4, -0.2) is 27.7 Å². The Bertz CT molecular complexity index is 816. The van der Waals surface area contributed by atoms with Gasteiger partial charge in [-0.15, -0.1) is 0 Å². The minimum atomic E-state index is 0.979. The lowest BCUT2D eigenvalue weighted by molar-refractivity contribution is 0.567. The van der Waals surface area contributed by atoms with Crippen LogP contribution in [-0.2, 0) is 6.42 Å². The van der Waals surface area contributed by atoms with Crippen LogP contribution in [0, 0.1) is 0 Å². The molecule has 0 saturated carbocycles. The molecule has 0 unspecified atom stereocenters. The van der Waals surface area contributed by atoms with E-state index < -0.39 is 0 Å². The summed E-state index contributed by atoms with van der Waals surface area (Å²) in [5, 5.41) is 4.68. The summed E-state index contributed by atoms with van der Waals surface area (Å²) in [4.78, 5) is 7.40. The van der Waals surface area contributed by atoms with E-state index in [2.05, 4.69) is 47.3 Å². The van der Waals surface area contributed by atoms with Gasteiger partial charge < -0.3 is 4.90 Å². The lowest BCUT2D eigenvalue weighted by atomic mass is 10.1. The first-order valence-electron chi connectivity index (χ1n) is 9.05. The SMILES string of the molecule is CCCc1cc(N2CCCCC2)n2ncc(-c3ccccc3)c2n1. The van der Waals surface area contributed by atoms with E-state index in [0.717, 1.165) is 37.1 Å². The van der Waals surface area contributed by atoms with Crippen LogP contribution in [0.2, 0.25) is 0 Å². The van der Waals surface area contributed by atoms with Crippen LogP contribution in [0.4, 0.5) is 5.82 Å². The Kier molecular flexibility index (Phi) is 4.20. The van der Waals surface area contributed by atoms with Crippen LogP contribution in [0.15, 0.2) is 42.6 Å². The molecule has 0 spiro atoms. The summed E-state index contributed by atoms with van der Waals surface area (Å²) in [7, 11) is 0. The Morgan fingerprint density at radius 2 is 1.83 bits per heavy atom. The smallest absolute Gasteiger partial charge is 0.165 e. The Balaban J connectivity index is 1.87. The first-order chi connectivity index (χ1) is 11.9. The van der Waals surface area contributed by atoms with Gasteiger partial charge in [0.05, 0.1) is 6.20 Å². The summed E-state index contributed by atoms with van der Waals surface area (Å²) >= 11 is 0. The average Bonchev–Trinajstić information content (AvgIpc) is 3.07. The number of aryl methyl sites for hydroxylation is 1. The van der Waals surface area contributed by atoms with Crippen molar-refractivity contribution in [3.63, 3.8) is 0 Å². The first-order valence-corrected chi connectivity index (χ1v) is 9.05. The third-order valence-electron chi connectivity index (χ3n) is 4.78. The molecule has 3 heterocycles. The molecule has 4 heteroatoms. The minimum absolute atomic E-state index is 0.979. The van der Waals surface area contributed by atoms with E-state index in [4.69, 9.17) is 4.98 Å². The van der Waals surface area contributed by atoms with Crippen LogP contribution in [0.5, 0.6) is 0 Å². The second-order valence-electron chi connectivity index (χ2n) is 6.56. The fraction of sp³-hybridized carbons (Fsp3) is 0.400. The van der Waals surface area contributed by atoms with Crippen molar-refractivity contribution in [1.29, 1.82) is 0 Å². The van der Waals surface area contributed by atoms with Crippen LogP contribution in [0.3, 0.4) is 0 Å². The number of aromatic nitrogens is 3. The summed E-state index contributed by atoms with van der Waals surface area (Å²) in [6.45, 7) is 4.44. The maximum absolute atomic E-state index is 4.93. The maximum Gasteiger partial charge on any atom is 0.165 e. The molecular formula is C20H24N4. The summed E-state index contributed by atoms with van der Waals surface area (Å²) in [6.07, 6.45) is 7.94. The Morgan fingerprint density at radius 1 is 1.04 bits per heavy atom. The number of anilines is 1. The fourth-order valence-corrected chi connectivity index (χ4v) is 3.55. The van der Waals surface area contributed by atoms with Crippen LogP contribution in [0.25, 0.3) is 16.8 Å². The van der Waals surface area contributed by atoms with Gasteiger partial charge in [0.15, 0.2) is 5.65 Å². The molecule has 3 aromatic rings. The molecule has 1 aromatic carbocycles. The van der Waals surface area contributed by atoms with Gasteiger partial charge in [-0.3, -0.25) is 0 Å². The molecule has 0 aliphatic carbocycles. The third kappa shape index (κ3) is 2.77. The van der Waals surface area contributed by atoms with E-state index in [1.54, 1.807) is 0 Å². The van der Waals surface area contributed by atoms with Gasteiger partial charge >= 0.3 is 0 Å². The molecular weight excluding hydrogens is 296 g/mol. The highest BCUT2D eigenvalue weighted by molar-refractivity contribution is 5.78. The molecule has 2 aromatic heterocycles. The summed E-state index contributed by atoms with van der Waals surface area (Å²) < 4.78 is 2.03. The summed E-state index contributed by atoms with van der Waals surface area (Å²) in [6, 6.07) is 12.7. The van der Waals surface area contributed by atoms with Crippen molar-refractivity contribution < 1.29 is 0 Å². The lowest BCUT2D eigenvalue weighted by Gasteiger charge is -2.29. The zero-order valence-electron chi connectivity index (χ0n) is 14.3. The number of nitrogens with zero attached hydrogens (tertiary/aromatic N) is 4. The topological polar surface area (TPSA) is 33.4 Å². The molecule has 124 valence electrons. The number of piperidine rings is 1. The van der Waals surface area contributed by atoms with E-state index in [1.165, 1.54) is 36.3 Å². The normalized spacial score (nSPS) is 15.1.